The Bertz CT molecular complexity index is 343. The van der Waals surface area contributed by atoms with Crippen LogP contribution in [-0.2, 0) is 9.59 Å². The molecule has 1 atom stereocenters. The number of hydrogen-bond acceptors (Lipinski definition) is 3. The smallest absolute Gasteiger partial charge is 0.225 e. The van der Waals surface area contributed by atoms with Gasteiger partial charge in [0.25, 0.3) is 0 Å². The van der Waals surface area contributed by atoms with E-state index in [4.69, 9.17) is 5.11 Å². The minimum atomic E-state index is -0.407. The quantitative estimate of drug-likeness (QED) is 0.539. The van der Waals surface area contributed by atoms with Crippen molar-refractivity contribution in [3.05, 3.63) is 0 Å². The maximum atomic E-state index is 12.1. The van der Waals surface area contributed by atoms with Gasteiger partial charge in [-0.05, 0) is 18.3 Å². The van der Waals surface area contributed by atoms with Gasteiger partial charge in [-0.3, -0.25) is 9.59 Å². The number of amides is 2. The van der Waals surface area contributed by atoms with Crippen molar-refractivity contribution in [1.82, 2.24) is 10.6 Å². The van der Waals surface area contributed by atoms with Gasteiger partial charge in [0.1, 0.15) is 0 Å². The SMILES string of the molecule is CC.CCCC(C)(CC)C(=O)NCCNC(=O)CC(C)(C)CO. The normalized spacial score (nSPS) is 13.4. The zero-order valence-electron chi connectivity index (χ0n) is 16.2. The summed E-state index contributed by atoms with van der Waals surface area (Å²) in [5.74, 6) is -0.0492. The van der Waals surface area contributed by atoms with Crippen LogP contribution in [0.2, 0.25) is 0 Å². The van der Waals surface area contributed by atoms with E-state index in [1.165, 1.54) is 0 Å². The van der Waals surface area contributed by atoms with Crippen molar-refractivity contribution in [3.8, 4) is 0 Å². The van der Waals surface area contributed by atoms with Crippen LogP contribution in [0.15, 0.2) is 0 Å². The van der Waals surface area contributed by atoms with E-state index >= 15 is 0 Å². The lowest BCUT2D eigenvalue weighted by atomic mass is 9.82. The summed E-state index contributed by atoms with van der Waals surface area (Å²) in [5.41, 5.74) is -0.729. The summed E-state index contributed by atoms with van der Waals surface area (Å²) >= 11 is 0. The largest absolute Gasteiger partial charge is 0.396 e. The number of aliphatic hydroxyl groups excluding tert-OH is 1. The molecule has 0 aromatic heterocycles. The van der Waals surface area contributed by atoms with Crippen molar-refractivity contribution in [3.63, 3.8) is 0 Å². The third-order valence-electron chi connectivity index (χ3n) is 3.93. The standard InChI is InChI=1S/C16H32N2O3.C2H6/c1-6-8-16(5,7-2)14(21)18-10-9-17-13(20)11-15(3,4)12-19;1-2/h19H,6-12H2,1-5H3,(H,17,20)(H,18,21);1-2H3. The number of nitrogens with one attached hydrogen (secondary N) is 2. The van der Waals surface area contributed by atoms with Gasteiger partial charge in [-0.2, -0.15) is 0 Å². The Labute approximate surface area is 142 Å². The lowest BCUT2D eigenvalue weighted by Gasteiger charge is -2.26. The Balaban J connectivity index is 0. The molecule has 0 aliphatic carbocycles. The van der Waals surface area contributed by atoms with Crippen molar-refractivity contribution in [2.24, 2.45) is 10.8 Å². The van der Waals surface area contributed by atoms with E-state index in [0.717, 1.165) is 19.3 Å². The van der Waals surface area contributed by atoms with Crippen LogP contribution in [0.4, 0.5) is 0 Å². The van der Waals surface area contributed by atoms with Gasteiger partial charge in [-0.25, -0.2) is 0 Å². The number of carbonyl (C=O) groups excluding carboxylic acids is 2. The average molecular weight is 331 g/mol. The second-order valence-electron chi connectivity index (χ2n) is 6.77. The topological polar surface area (TPSA) is 78.4 Å². The van der Waals surface area contributed by atoms with E-state index in [0.29, 0.717) is 13.1 Å². The zero-order valence-corrected chi connectivity index (χ0v) is 16.2. The molecule has 138 valence electrons. The van der Waals surface area contributed by atoms with Crippen LogP contribution in [0.25, 0.3) is 0 Å². The van der Waals surface area contributed by atoms with Crippen LogP contribution in [0, 0.1) is 10.8 Å². The van der Waals surface area contributed by atoms with Crippen LogP contribution in [-0.4, -0.2) is 36.6 Å². The van der Waals surface area contributed by atoms with Crippen molar-refractivity contribution in [2.75, 3.05) is 19.7 Å². The number of aliphatic hydroxyl groups is 1. The summed E-state index contributed by atoms with van der Waals surface area (Å²) in [6.07, 6.45) is 2.93. The minimum absolute atomic E-state index is 0.0248. The van der Waals surface area contributed by atoms with Gasteiger partial charge in [0.15, 0.2) is 0 Å². The van der Waals surface area contributed by atoms with E-state index in [1.54, 1.807) is 0 Å². The molecular weight excluding hydrogens is 292 g/mol. The molecule has 0 saturated carbocycles. The molecule has 0 aromatic rings. The van der Waals surface area contributed by atoms with Crippen molar-refractivity contribution in [2.45, 2.75) is 74.1 Å². The van der Waals surface area contributed by atoms with Crippen molar-refractivity contribution < 1.29 is 14.7 Å². The maximum Gasteiger partial charge on any atom is 0.225 e. The van der Waals surface area contributed by atoms with Gasteiger partial charge in [-0.1, -0.05) is 54.9 Å². The molecule has 0 rings (SSSR count). The van der Waals surface area contributed by atoms with Crippen LogP contribution in [0.1, 0.15) is 74.1 Å². The van der Waals surface area contributed by atoms with Gasteiger partial charge in [0, 0.05) is 31.5 Å². The molecule has 5 nitrogen and oxygen atoms in total. The molecule has 0 bridgehead atoms. The first-order valence-electron chi connectivity index (χ1n) is 8.86. The molecule has 0 saturated heterocycles. The molecule has 0 aliphatic heterocycles. The molecule has 1 unspecified atom stereocenters. The predicted octanol–water partition coefficient (Wildman–Crippen LogP) is 2.87. The third kappa shape index (κ3) is 10.3. The average Bonchev–Trinajstić information content (AvgIpc) is 2.52. The molecule has 0 spiro atoms. The highest BCUT2D eigenvalue weighted by molar-refractivity contribution is 5.82. The molecule has 5 heteroatoms. The highest BCUT2D eigenvalue weighted by Crippen LogP contribution is 2.27. The van der Waals surface area contributed by atoms with Crippen LogP contribution in [0.5, 0.6) is 0 Å². The molecule has 0 heterocycles. The van der Waals surface area contributed by atoms with Crippen molar-refractivity contribution in [1.29, 1.82) is 0 Å². The number of carbonyl (C=O) groups is 2. The molecule has 23 heavy (non-hydrogen) atoms. The Kier molecular flexibility index (Phi) is 13.0. The molecule has 0 aromatic carbocycles. The maximum absolute atomic E-state index is 12.1. The third-order valence-corrected chi connectivity index (χ3v) is 3.93. The molecular formula is C18H38N2O3. The summed E-state index contributed by atoms with van der Waals surface area (Å²) in [6.45, 7) is 14.6. The minimum Gasteiger partial charge on any atom is -0.396 e. The van der Waals surface area contributed by atoms with E-state index in [-0.39, 0.29) is 30.3 Å². The summed E-state index contributed by atoms with van der Waals surface area (Å²) in [7, 11) is 0. The number of rotatable bonds is 10. The second-order valence-corrected chi connectivity index (χ2v) is 6.77. The Hall–Kier alpha value is -1.10. The van der Waals surface area contributed by atoms with Crippen LogP contribution in [0.3, 0.4) is 0 Å². The fourth-order valence-corrected chi connectivity index (χ4v) is 2.15. The fourth-order valence-electron chi connectivity index (χ4n) is 2.15. The monoisotopic (exact) mass is 330 g/mol. The van der Waals surface area contributed by atoms with E-state index in [9.17, 15) is 9.59 Å². The first kappa shape index (κ1) is 24.2. The highest BCUT2D eigenvalue weighted by Gasteiger charge is 2.29. The highest BCUT2D eigenvalue weighted by atomic mass is 16.3. The Morgan fingerprint density at radius 2 is 1.52 bits per heavy atom. The van der Waals surface area contributed by atoms with E-state index in [2.05, 4.69) is 17.6 Å². The number of hydrogen-bond donors (Lipinski definition) is 3. The van der Waals surface area contributed by atoms with Gasteiger partial charge in [0.05, 0.1) is 0 Å². The van der Waals surface area contributed by atoms with Gasteiger partial charge in [-0.15, -0.1) is 0 Å². The van der Waals surface area contributed by atoms with Crippen molar-refractivity contribution >= 4 is 11.8 Å². The molecule has 0 radical (unpaired) electrons. The van der Waals surface area contributed by atoms with Gasteiger partial charge < -0.3 is 15.7 Å². The molecule has 2 amide bonds. The van der Waals surface area contributed by atoms with Crippen LogP contribution >= 0.6 is 0 Å². The van der Waals surface area contributed by atoms with Crippen LogP contribution < -0.4 is 10.6 Å². The predicted molar refractivity (Wildman–Crippen MR) is 96.2 cm³/mol. The molecule has 0 fully saturated rings. The van der Waals surface area contributed by atoms with Gasteiger partial charge in [0.2, 0.25) is 11.8 Å². The Morgan fingerprint density at radius 3 is 1.96 bits per heavy atom. The second kappa shape index (κ2) is 12.3. The first-order chi connectivity index (χ1) is 10.7. The van der Waals surface area contributed by atoms with E-state index < -0.39 is 5.41 Å². The van der Waals surface area contributed by atoms with Gasteiger partial charge >= 0.3 is 0 Å². The lowest BCUT2D eigenvalue weighted by molar-refractivity contribution is -0.131. The zero-order chi connectivity index (χ0) is 18.5. The lowest BCUT2D eigenvalue weighted by Crippen LogP contribution is -2.42. The summed E-state index contributed by atoms with van der Waals surface area (Å²) in [4.78, 5) is 23.8. The summed E-state index contributed by atoms with van der Waals surface area (Å²) < 4.78 is 0. The first-order valence-corrected chi connectivity index (χ1v) is 8.86. The van der Waals surface area contributed by atoms with E-state index in [1.807, 2.05) is 41.5 Å². The Morgan fingerprint density at radius 1 is 1.00 bits per heavy atom. The fraction of sp³-hybridized carbons (Fsp3) is 0.889. The summed E-state index contributed by atoms with van der Waals surface area (Å²) in [6, 6.07) is 0. The molecule has 3 N–H and O–H groups in total. The summed E-state index contributed by atoms with van der Waals surface area (Å²) in [5, 5.41) is 14.8. The molecule has 0 aliphatic rings.